The molecule has 1 unspecified atom stereocenters. The summed E-state index contributed by atoms with van der Waals surface area (Å²) < 4.78 is 6.08. The van der Waals surface area contributed by atoms with Gasteiger partial charge in [-0.3, -0.25) is 9.69 Å². The number of esters is 1. The maximum Gasteiger partial charge on any atom is 0.315 e. The minimum Gasteiger partial charge on any atom is -0.459 e. The van der Waals surface area contributed by atoms with Gasteiger partial charge in [-0.2, -0.15) is 0 Å². The van der Waals surface area contributed by atoms with Crippen molar-refractivity contribution in [1.29, 1.82) is 0 Å². The standard InChI is InChI=1S/C30H47NO3/c1-18(2)20-9-13-26(3)19-8-15-29-12-6-7-22(29)30(26,24(20)31(29)17-19)16-10-21-27(4)14-11-23(32)28(21,5)25(33)34-27/h18-24,32H,6-17H2,1-5H3/t19-,20-,21-,22+,23+,24-,26-,27+,28-,29+,30-/m0/s1. The van der Waals surface area contributed by atoms with E-state index in [0.717, 1.165) is 42.6 Å². The van der Waals surface area contributed by atoms with E-state index in [-0.39, 0.29) is 11.9 Å². The van der Waals surface area contributed by atoms with Gasteiger partial charge >= 0.3 is 5.97 Å². The van der Waals surface area contributed by atoms with Gasteiger partial charge < -0.3 is 9.84 Å². The molecule has 4 heterocycles. The number of nitrogens with zero attached hydrogens (tertiary/aromatic N) is 1. The van der Waals surface area contributed by atoms with Gasteiger partial charge in [0.05, 0.1) is 11.5 Å². The smallest absolute Gasteiger partial charge is 0.315 e. The minimum atomic E-state index is -0.726. The SMILES string of the molecule is CC(C)[C@@H]1CC[C@@]2(C)[C@H]3CC[C@]45CCC[C@H]4[C@@]2(CC[C@@H]2[C@]4(C)C(=O)O[C@]2(C)CC[C@H]4O)[C@H]1N5C3. The first-order chi connectivity index (χ1) is 16.0. The van der Waals surface area contributed by atoms with Gasteiger partial charge in [-0.25, -0.2) is 0 Å². The molecule has 3 saturated carbocycles. The molecule has 1 N–H and O–H groups in total. The predicted octanol–water partition coefficient (Wildman–Crippen LogP) is 5.56. The molecule has 7 rings (SSSR count). The van der Waals surface area contributed by atoms with Crippen LogP contribution in [0.25, 0.3) is 0 Å². The molecule has 34 heavy (non-hydrogen) atoms. The molecular weight excluding hydrogens is 422 g/mol. The zero-order chi connectivity index (χ0) is 23.9. The molecule has 0 aromatic rings. The molecule has 0 amide bonds. The van der Waals surface area contributed by atoms with Gasteiger partial charge in [0, 0.05) is 24.0 Å². The topological polar surface area (TPSA) is 49.8 Å². The molecule has 4 aliphatic heterocycles. The van der Waals surface area contributed by atoms with Crippen LogP contribution >= 0.6 is 0 Å². The average molecular weight is 470 g/mol. The van der Waals surface area contributed by atoms with Crippen LogP contribution in [0.3, 0.4) is 0 Å². The molecule has 7 bridgehead atoms. The quantitative estimate of drug-likeness (QED) is 0.547. The largest absolute Gasteiger partial charge is 0.459 e. The van der Waals surface area contributed by atoms with Crippen LogP contribution < -0.4 is 0 Å². The van der Waals surface area contributed by atoms with E-state index in [1.165, 1.54) is 57.9 Å². The van der Waals surface area contributed by atoms with Gasteiger partial charge in [0.15, 0.2) is 0 Å². The third-order valence-corrected chi connectivity index (χ3v) is 14.1. The highest BCUT2D eigenvalue weighted by Gasteiger charge is 2.80. The lowest BCUT2D eigenvalue weighted by atomic mass is 9.41. The maximum atomic E-state index is 13.1. The Labute approximate surface area is 206 Å². The summed E-state index contributed by atoms with van der Waals surface area (Å²) >= 11 is 0. The van der Waals surface area contributed by atoms with Crippen molar-refractivity contribution in [1.82, 2.24) is 4.90 Å². The number of ether oxygens (including phenoxy) is 1. The van der Waals surface area contributed by atoms with Gasteiger partial charge in [0.1, 0.15) is 5.60 Å². The van der Waals surface area contributed by atoms with Crippen molar-refractivity contribution in [3.63, 3.8) is 0 Å². The zero-order valence-corrected chi connectivity index (χ0v) is 22.2. The molecule has 1 spiro atoms. The lowest BCUT2D eigenvalue weighted by molar-refractivity contribution is -0.186. The fraction of sp³-hybridized carbons (Fsp3) is 0.967. The first-order valence-corrected chi connectivity index (χ1v) is 14.7. The van der Waals surface area contributed by atoms with Crippen molar-refractivity contribution in [2.24, 2.45) is 45.8 Å². The molecular formula is C30H47NO3. The zero-order valence-electron chi connectivity index (χ0n) is 22.2. The second-order valence-electron chi connectivity index (χ2n) is 14.9. The summed E-state index contributed by atoms with van der Waals surface area (Å²) in [7, 11) is 0. The highest BCUT2D eigenvalue weighted by molar-refractivity contribution is 5.81. The lowest BCUT2D eigenvalue weighted by Crippen LogP contribution is -2.68. The van der Waals surface area contributed by atoms with Crippen LogP contribution in [0.1, 0.15) is 105 Å². The molecule has 3 aliphatic carbocycles. The fourth-order valence-electron chi connectivity index (χ4n) is 12.5. The van der Waals surface area contributed by atoms with Crippen LogP contribution in [0.5, 0.6) is 0 Å². The number of rotatable bonds is 4. The van der Waals surface area contributed by atoms with Gasteiger partial charge in [-0.1, -0.05) is 27.2 Å². The molecule has 190 valence electrons. The van der Waals surface area contributed by atoms with E-state index in [0.29, 0.717) is 22.8 Å². The Morgan fingerprint density at radius 1 is 1.06 bits per heavy atom. The fourth-order valence-corrected chi connectivity index (χ4v) is 12.5. The van der Waals surface area contributed by atoms with E-state index in [1.54, 1.807) is 0 Å². The highest BCUT2D eigenvalue weighted by Crippen LogP contribution is 2.79. The van der Waals surface area contributed by atoms with Gasteiger partial charge in [-0.15, -0.1) is 0 Å². The summed E-state index contributed by atoms with van der Waals surface area (Å²) in [6.45, 7) is 13.2. The van der Waals surface area contributed by atoms with Crippen molar-refractivity contribution >= 4 is 5.97 Å². The number of carbonyl (C=O) groups excluding carboxylic acids is 1. The second kappa shape index (κ2) is 6.63. The molecule has 4 heteroatoms. The van der Waals surface area contributed by atoms with E-state index < -0.39 is 17.1 Å². The normalized spacial score (nSPS) is 61.1. The van der Waals surface area contributed by atoms with Crippen LogP contribution in [0.2, 0.25) is 0 Å². The number of carbonyl (C=O) groups is 1. The molecule has 0 aromatic carbocycles. The summed E-state index contributed by atoms with van der Waals surface area (Å²) in [6, 6.07) is 0.719. The van der Waals surface area contributed by atoms with Gasteiger partial charge in [0.25, 0.3) is 0 Å². The van der Waals surface area contributed by atoms with Gasteiger partial charge in [0.2, 0.25) is 0 Å². The summed E-state index contributed by atoms with van der Waals surface area (Å²) in [6.07, 6.45) is 13.1. The van der Waals surface area contributed by atoms with Crippen molar-refractivity contribution < 1.29 is 14.6 Å². The summed E-state index contributed by atoms with van der Waals surface area (Å²) in [5, 5.41) is 11.0. The average Bonchev–Trinajstić information content (AvgIpc) is 3.31. The minimum absolute atomic E-state index is 0.136. The predicted molar refractivity (Wildman–Crippen MR) is 132 cm³/mol. The number of hydrogen-bond acceptors (Lipinski definition) is 4. The molecule has 0 radical (unpaired) electrons. The van der Waals surface area contributed by atoms with E-state index in [2.05, 4.69) is 32.6 Å². The molecule has 12 atom stereocenters. The Morgan fingerprint density at radius 3 is 2.62 bits per heavy atom. The van der Waals surface area contributed by atoms with Crippen molar-refractivity contribution in [2.75, 3.05) is 6.54 Å². The molecule has 7 fully saturated rings. The van der Waals surface area contributed by atoms with Crippen LogP contribution in [0, 0.1) is 45.8 Å². The summed E-state index contributed by atoms with van der Waals surface area (Å²) in [4.78, 5) is 16.2. The molecule has 0 aromatic heterocycles. The molecule has 4 nitrogen and oxygen atoms in total. The Hall–Kier alpha value is -0.610. The van der Waals surface area contributed by atoms with Crippen molar-refractivity contribution in [2.45, 2.75) is 129 Å². The number of aliphatic hydroxyl groups excluding tert-OH is 1. The highest BCUT2D eigenvalue weighted by atomic mass is 16.6. The Balaban J connectivity index is 1.34. The number of aliphatic hydroxyl groups is 1. The first-order valence-electron chi connectivity index (χ1n) is 14.7. The third-order valence-electron chi connectivity index (χ3n) is 14.1. The van der Waals surface area contributed by atoms with Crippen LogP contribution in [0.4, 0.5) is 0 Å². The van der Waals surface area contributed by atoms with Crippen molar-refractivity contribution in [3.8, 4) is 0 Å². The Bertz CT molecular complexity index is 919. The number of hydrogen-bond donors (Lipinski definition) is 1. The van der Waals surface area contributed by atoms with Crippen LogP contribution in [0.15, 0.2) is 0 Å². The molecule has 7 aliphatic rings. The third kappa shape index (κ3) is 2.22. The summed E-state index contributed by atoms with van der Waals surface area (Å²) in [5.41, 5.74) is 0.131. The summed E-state index contributed by atoms with van der Waals surface area (Å²) in [5.74, 6) is 3.20. The first kappa shape index (κ1) is 22.6. The Kier molecular flexibility index (Phi) is 4.40. The monoisotopic (exact) mass is 469 g/mol. The van der Waals surface area contributed by atoms with E-state index >= 15 is 0 Å². The number of fused-ring (bicyclic) bond motifs is 4. The van der Waals surface area contributed by atoms with E-state index in [4.69, 9.17) is 4.74 Å². The van der Waals surface area contributed by atoms with E-state index in [1.807, 2.05) is 6.92 Å². The number of piperidine rings is 2. The van der Waals surface area contributed by atoms with Crippen molar-refractivity contribution in [3.05, 3.63) is 0 Å². The lowest BCUT2D eigenvalue weighted by Gasteiger charge is -2.67. The maximum absolute atomic E-state index is 13.1. The second-order valence-corrected chi connectivity index (χ2v) is 14.9. The Morgan fingerprint density at radius 2 is 1.85 bits per heavy atom. The van der Waals surface area contributed by atoms with Crippen LogP contribution in [-0.4, -0.2) is 45.8 Å². The van der Waals surface area contributed by atoms with Crippen LogP contribution in [-0.2, 0) is 9.53 Å². The molecule has 4 saturated heterocycles. The van der Waals surface area contributed by atoms with E-state index in [9.17, 15) is 9.90 Å². The van der Waals surface area contributed by atoms with Gasteiger partial charge in [-0.05, 0) is 113 Å².